The fourth-order valence-corrected chi connectivity index (χ4v) is 1.58. The number of oxime groups is 1. The van der Waals surface area contributed by atoms with Crippen LogP contribution in [-0.4, -0.2) is 24.8 Å². The van der Waals surface area contributed by atoms with Crippen molar-refractivity contribution in [2.45, 2.75) is 19.3 Å². The lowest BCUT2D eigenvalue weighted by Gasteiger charge is -2.06. The minimum Gasteiger partial charge on any atom is -0.390 e. The minimum atomic E-state index is 0.128. The molecule has 0 radical (unpaired) electrons. The van der Waals surface area contributed by atoms with Crippen LogP contribution in [0.25, 0.3) is 0 Å². The van der Waals surface area contributed by atoms with Crippen molar-refractivity contribution in [3.8, 4) is 0 Å². The van der Waals surface area contributed by atoms with E-state index in [-0.39, 0.29) is 5.78 Å². The van der Waals surface area contributed by atoms with Gasteiger partial charge < -0.3 is 10.2 Å². The smallest absolute Gasteiger partial charge is 0.159 e. The Bertz CT molecular complexity index is 334. The van der Waals surface area contributed by atoms with Gasteiger partial charge in [-0.05, 0) is 18.1 Å². The maximum atomic E-state index is 11.1. The Morgan fingerprint density at radius 3 is 3.20 bits per heavy atom. The van der Waals surface area contributed by atoms with Crippen molar-refractivity contribution in [3.05, 3.63) is 23.8 Å². The van der Waals surface area contributed by atoms with Gasteiger partial charge in [0.05, 0.1) is 0 Å². The van der Waals surface area contributed by atoms with Gasteiger partial charge in [-0.1, -0.05) is 17.3 Å². The van der Waals surface area contributed by atoms with Crippen LogP contribution in [0.15, 0.2) is 29.0 Å². The van der Waals surface area contributed by atoms with Gasteiger partial charge >= 0.3 is 0 Å². The Balaban J connectivity index is 1.78. The summed E-state index contributed by atoms with van der Waals surface area (Å²) in [5.74, 6) is 1.04. The SMILES string of the molecule is O=C1C=CC=C(CON=C2CCCN2)C1. The van der Waals surface area contributed by atoms with Crippen molar-refractivity contribution in [1.29, 1.82) is 0 Å². The van der Waals surface area contributed by atoms with Gasteiger partial charge in [-0.25, -0.2) is 0 Å². The molecule has 1 aliphatic carbocycles. The number of allylic oxidation sites excluding steroid dienone is 3. The van der Waals surface area contributed by atoms with Crippen LogP contribution in [0.4, 0.5) is 0 Å². The number of hydrogen-bond acceptors (Lipinski definition) is 3. The lowest BCUT2D eigenvalue weighted by molar-refractivity contribution is -0.114. The fraction of sp³-hybridized carbons (Fsp3) is 0.455. The third-order valence-electron chi connectivity index (χ3n) is 2.36. The molecule has 15 heavy (non-hydrogen) atoms. The third kappa shape index (κ3) is 2.94. The molecule has 0 atom stereocenters. The highest BCUT2D eigenvalue weighted by molar-refractivity contribution is 5.93. The molecular weight excluding hydrogens is 192 g/mol. The minimum absolute atomic E-state index is 0.128. The molecular formula is C11H14N2O2. The summed E-state index contributed by atoms with van der Waals surface area (Å²) < 4.78 is 0. The monoisotopic (exact) mass is 206 g/mol. The molecule has 0 amide bonds. The second kappa shape index (κ2) is 4.77. The zero-order chi connectivity index (χ0) is 10.5. The van der Waals surface area contributed by atoms with E-state index in [9.17, 15) is 4.79 Å². The van der Waals surface area contributed by atoms with Gasteiger partial charge in [-0.2, -0.15) is 0 Å². The first-order valence-electron chi connectivity index (χ1n) is 5.16. The molecule has 2 rings (SSSR count). The number of nitrogens with one attached hydrogen (secondary N) is 1. The summed E-state index contributed by atoms with van der Waals surface area (Å²) in [4.78, 5) is 16.2. The molecule has 4 nitrogen and oxygen atoms in total. The number of amidine groups is 1. The molecule has 0 bridgehead atoms. The Labute approximate surface area is 88.7 Å². The summed E-state index contributed by atoms with van der Waals surface area (Å²) >= 11 is 0. The van der Waals surface area contributed by atoms with Crippen LogP contribution < -0.4 is 5.32 Å². The predicted molar refractivity (Wildman–Crippen MR) is 57.5 cm³/mol. The maximum absolute atomic E-state index is 11.1. The molecule has 0 spiro atoms. The van der Waals surface area contributed by atoms with Gasteiger partial charge in [0, 0.05) is 19.4 Å². The van der Waals surface area contributed by atoms with Gasteiger partial charge in [-0.3, -0.25) is 4.79 Å². The highest BCUT2D eigenvalue weighted by Gasteiger charge is 2.09. The second-order valence-corrected chi connectivity index (χ2v) is 3.67. The van der Waals surface area contributed by atoms with Crippen LogP contribution in [0.3, 0.4) is 0 Å². The summed E-state index contributed by atoms with van der Waals surface area (Å²) in [6, 6.07) is 0. The van der Waals surface area contributed by atoms with Crippen LogP contribution in [0.1, 0.15) is 19.3 Å². The largest absolute Gasteiger partial charge is 0.390 e. The molecule has 2 aliphatic rings. The molecule has 1 aliphatic heterocycles. The van der Waals surface area contributed by atoms with Crippen molar-refractivity contribution < 1.29 is 9.63 Å². The first-order valence-corrected chi connectivity index (χ1v) is 5.16. The second-order valence-electron chi connectivity index (χ2n) is 3.67. The Morgan fingerprint density at radius 2 is 2.47 bits per heavy atom. The Morgan fingerprint density at radius 1 is 1.53 bits per heavy atom. The maximum Gasteiger partial charge on any atom is 0.159 e. The van der Waals surface area contributed by atoms with E-state index < -0.39 is 0 Å². The van der Waals surface area contributed by atoms with Crippen LogP contribution >= 0.6 is 0 Å². The van der Waals surface area contributed by atoms with E-state index in [0.717, 1.165) is 30.8 Å². The number of ketones is 1. The average molecular weight is 206 g/mol. The standard InChI is InChI=1S/C11H14N2O2/c14-10-4-1-3-9(7-10)8-15-13-11-5-2-6-12-11/h1,3-4H,2,5-8H2,(H,12,13). The predicted octanol–water partition coefficient (Wildman–Crippen LogP) is 1.16. The van der Waals surface area contributed by atoms with Crippen molar-refractivity contribution >= 4 is 11.6 Å². The summed E-state index contributed by atoms with van der Waals surface area (Å²) in [7, 11) is 0. The molecule has 0 aromatic rings. The van der Waals surface area contributed by atoms with E-state index >= 15 is 0 Å². The topological polar surface area (TPSA) is 50.7 Å². The van der Waals surface area contributed by atoms with E-state index in [1.807, 2.05) is 6.08 Å². The molecule has 0 aromatic heterocycles. The van der Waals surface area contributed by atoms with E-state index in [1.165, 1.54) is 0 Å². The van der Waals surface area contributed by atoms with Crippen molar-refractivity contribution in [2.24, 2.45) is 5.16 Å². The van der Waals surface area contributed by atoms with Gasteiger partial charge in [0.25, 0.3) is 0 Å². The van der Waals surface area contributed by atoms with Gasteiger partial charge in [-0.15, -0.1) is 0 Å². The van der Waals surface area contributed by atoms with E-state index in [4.69, 9.17) is 4.84 Å². The molecule has 4 heteroatoms. The number of carbonyl (C=O) groups excluding carboxylic acids is 1. The zero-order valence-electron chi connectivity index (χ0n) is 8.53. The highest BCUT2D eigenvalue weighted by atomic mass is 16.6. The van der Waals surface area contributed by atoms with Crippen LogP contribution in [0.5, 0.6) is 0 Å². The first-order chi connectivity index (χ1) is 7.34. The number of carbonyl (C=O) groups is 1. The van der Waals surface area contributed by atoms with Crippen LogP contribution in [0, 0.1) is 0 Å². The summed E-state index contributed by atoms with van der Waals surface area (Å²) in [5.41, 5.74) is 0.977. The fourth-order valence-electron chi connectivity index (χ4n) is 1.58. The molecule has 0 aromatic carbocycles. The Hall–Kier alpha value is -1.58. The quantitative estimate of drug-likeness (QED) is 0.705. The molecule has 80 valence electrons. The molecule has 1 N–H and O–H groups in total. The van der Waals surface area contributed by atoms with Crippen molar-refractivity contribution in [1.82, 2.24) is 5.32 Å². The number of rotatable bonds is 3. The molecule has 1 fully saturated rings. The lowest BCUT2D eigenvalue weighted by atomic mass is 10.1. The van der Waals surface area contributed by atoms with Crippen molar-refractivity contribution in [3.63, 3.8) is 0 Å². The van der Waals surface area contributed by atoms with Gasteiger partial charge in [0.2, 0.25) is 0 Å². The van der Waals surface area contributed by atoms with Crippen LogP contribution in [0.2, 0.25) is 0 Å². The van der Waals surface area contributed by atoms with Crippen LogP contribution in [-0.2, 0) is 9.63 Å². The van der Waals surface area contributed by atoms with E-state index in [0.29, 0.717) is 13.0 Å². The molecule has 0 unspecified atom stereocenters. The molecule has 1 heterocycles. The number of nitrogens with zero attached hydrogens (tertiary/aromatic N) is 1. The lowest BCUT2D eigenvalue weighted by Crippen LogP contribution is -2.15. The van der Waals surface area contributed by atoms with E-state index in [1.54, 1.807) is 12.2 Å². The summed E-state index contributed by atoms with van der Waals surface area (Å²) in [6.45, 7) is 1.38. The summed E-state index contributed by atoms with van der Waals surface area (Å²) in [6.07, 6.45) is 7.77. The molecule has 0 saturated carbocycles. The summed E-state index contributed by atoms with van der Waals surface area (Å²) in [5, 5.41) is 7.10. The third-order valence-corrected chi connectivity index (χ3v) is 2.36. The average Bonchev–Trinajstić information content (AvgIpc) is 2.71. The van der Waals surface area contributed by atoms with E-state index in [2.05, 4.69) is 10.5 Å². The first kappa shape index (κ1) is 9.96. The number of hydrogen-bond donors (Lipinski definition) is 1. The van der Waals surface area contributed by atoms with Gasteiger partial charge in [0.15, 0.2) is 5.78 Å². The highest BCUT2D eigenvalue weighted by Crippen LogP contribution is 2.09. The Kier molecular flexibility index (Phi) is 3.17. The normalized spacial score (nSPS) is 22.8. The molecule has 1 saturated heterocycles. The van der Waals surface area contributed by atoms with Gasteiger partial charge in [0.1, 0.15) is 12.4 Å². The van der Waals surface area contributed by atoms with Crippen molar-refractivity contribution in [2.75, 3.05) is 13.2 Å². The zero-order valence-corrected chi connectivity index (χ0v) is 8.53.